The molecule has 3 heterocycles. The van der Waals surface area contributed by atoms with E-state index in [1.54, 1.807) is 0 Å². The number of ether oxygens (including phenoxy) is 1. The number of nitrogens with zero attached hydrogens (tertiary/aromatic N) is 3. The molecule has 0 aliphatic carbocycles. The summed E-state index contributed by atoms with van der Waals surface area (Å²) in [6.07, 6.45) is 2.57. The van der Waals surface area contributed by atoms with Gasteiger partial charge in [0.05, 0.1) is 30.5 Å². The Balaban J connectivity index is 1.50. The van der Waals surface area contributed by atoms with Gasteiger partial charge in [-0.15, -0.1) is 0 Å². The largest absolute Gasteiger partial charge is 0.378 e. The summed E-state index contributed by atoms with van der Waals surface area (Å²) in [7, 11) is 0. The first kappa shape index (κ1) is 18.3. The van der Waals surface area contributed by atoms with Crippen molar-refractivity contribution in [3.8, 4) is 0 Å². The van der Waals surface area contributed by atoms with Crippen LogP contribution in [0.2, 0.25) is 0 Å². The molecule has 2 unspecified atom stereocenters. The van der Waals surface area contributed by atoms with Crippen LogP contribution in [-0.2, 0) is 14.3 Å². The molecule has 0 saturated carbocycles. The number of amides is 2. The van der Waals surface area contributed by atoms with Gasteiger partial charge in [0, 0.05) is 39.1 Å². The van der Waals surface area contributed by atoms with E-state index in [-0.39, 0.29) is 17.7 Å². The summed E-state index contributed by atoms with van der Waals surface area (Å²) in [6, 6.07) is 8.04. The molecule has 0 bridgehead atoms. The van der Waals surface area contributed by atoms with E-state index in [1.165, 1.54) is 6.42 Å². The average Bonchev–Trinajstić information content (AvgIpc) is 3.09. The summed E-state index contributed by atoms with van der Waals surface area (Å²) in [5, 5.41) is 0. The van der Waals surface area contributed by atoms with Crippen LogP contribution in [0.15, 0.2) is 24.3 Å². The van der Waals surface area contributed by atoms with Crippen LogP contribution in [0.3, 0.4) is 0 Å². The van der Waals surface area contributed by atoms with Gasteiger partial charge in [0.15, 0.2) is 0 Å². The Morgan fingerprint density at radius 1 is 1.07 bits per heavy atom. The van der Waals surface area contributed by atoms with Crippen LogP contribution in [-0.4, -0.2) is 62.7 Å². The van der Waals surface area contributed by atoms with Gasteiger partial charge >= 0.3 is 0 Å². The number of likely N-dealkylation sites (tertiary alicyclic amines) is 1. The summed E-state index contributed by atoms with van der Waals surface area (Å²) in [5.41, 5.74) is 1.99. The number of morpholine rings is 1. The van der Waals surface area contributed by atoms with Gasteiger partial charge in [-0.3, -0.25) is 9.59 Å². The van der Waals surface area contributed by atoms with E-state index in [1.807, 2.05) is 28.0 Å². The number of hydrogen-bond acceptors (Lipinski definition) is 4. The fraction of sp³-hybridized carbons (Fsp3) is 0.619. The minimum absolute atomic E-state index is 0.0547. The van der Waals surface area contributed by atoms with Crippen molar-refractivity contribution >= 4 is 23.2 Å². The predicted octanol–water partition coefficient (Wildman–Crippen LogP) is 2.13. The lowest BCUT2D eigenvalue weighted by molar-refractivity contribution is -0.137. The van der Waals surface area contributed by atoms with Gasteiger partial charge in [-0.1, -0.05) is 19.1 Å². The predicted molar refractivity (Wildman–Crippen MR) is 105 cm³/mol. The smallest absolute Gasteiger partial charge is 0.228 e. The van der Waals surface area contributed by atoms with Crippen molar-refractivity contribution in [2.75, 3.05) is 55.7 Å². The molecule has 1 aromatic carbocycles. The van der Waals surface area contributed by atoms with Crippen LogP contribution in [0, 0.1) is 11.8 Å². The highest BCUT2D eigenvalue weighted by molar-refractivity contribution is 6.02. The van der Waals surface area contributed by atoms with E-state index < -0.39 is 0 Å². The van der Waals surface area contributed by atoms with Crippen LogP contribution in [0.25, 0.3) is 0 Å². The Morgan fingerprint density at radius 2 is 1.81 bits per heavy atom. The van der Waals surface area contributed by atoms with Crippen molar-refractivity contribution in [1.82, 2.24) is 4.90 Å². The molecule has 1 aromatic rings. The lowest BCUT2D eigenvalue weighted by Gasteiger charge is -2.33. The number of benzene rings is 1. The highest BCUT2D eigenvalue weighted by atomic mass is 16.5. The Hall–Kier alpha value is -2.08. The third kappa shape index (κ3) is 3.81. The molecule has 4 rings (SSSR count). The van der Waals surface area contributed by atoms with Crippen molar-refractivity contribution in [3.05, 3.63) is 24.3 Å². The Labute approximate surface area is 161 Å². The summed E-state index contributed by atoms with van der Waals surface area (Å²) >= 11 is 0. The molecule has 0 aromatic heterocycles. The molecule has 2 atom stereocenters. The molecule has 3 aliphatic rings. The fourth-order valence-electron chi connectivity index (χ4n) is 4.52. The van der Waals surface area contributed by atoms with E-state index in [9.17, 15) is 9.59 Å². The van der Waals surface area contributed by atoms with Crippen molar-refractivity contribution in [2.24, 2.45) is 11.8 Å². The third-order valence-electron chi connectivity index (χ3n) is 5.97. The van der Waals surface area contributed by atoms with Crippen molar-refractivity contribution < 1.29 is 14.3 Å². The van der Waals surface area contributed by atoms with Gasteiger partial charge in [0.1, 0.15) is 0 Å². The lowest BCUT2D eigenvalue weighted by Crippen LogP contribution is -2.43. The number of para-hydroxylation sites is 2. The first-order chi connectivity index (χ1) is 13.1. The van der Waals surface area contributed by atoms with E-state index in [0.29, 0.717) is 32.1 Å². The van der Waals surface area contributed by atoms with Gasteiger partial charge in [0.2, 0.25) is 11.8 Å². The highest BCUT2D eigenvalue weighted by Gasteiger charge is 2.39. The molecule has 6 heteroatoms. The molecule has 0 spiro atoms. The maximum atomic E-state index is 13.0. The zero-order valence-electron chi connectivity index (χ0n) is 16.1. The second-order valence-corrected chi connectivity index (χ2v) is 8.03. The van der Waals surface area contributed by atoms with E-state index >= 15 is 0 Å². The van der Waals surface area contributed by atoms with Crippen molar-refractivity contribution in [2.45, 2.75) is 26.2 Å². The molecular formula is C21H29N3O3. The highest BCUT2D eigenvalue weighted by Crippen LogP contribution is 2.35. The van der Waals surface area contributed by atoms with Crippen LogP contribution in [0.4, 0.5) is 11.4 Å². The van der Waals surface area contributed by atoms with Gasteiger partial charge in [-0.2, -0.15) is 0 Å². The second kappa shape index (κ2) is 7.89. The Bertz CT molecular complexity index is 702. The first-order valence-corrected chi connectivity index (χ1v) is 10.1. The first-order valence-electron chi connectivity index (χ1n) is 10.1. The topological polar surface area (TPSA) is 53.1 Å². The Kier molecular flexibility index (Phi) is 5.34. The molecule has 2 amide bonds. The lowest BCUT2D eigenvalue weighted by atomic mass is 9.98. The van der Waals surface area contributed by atoms with Gasteiger partial charge in [-0.05, 0) is 30.9 Å². The van der Waals surface area contributed by atoms with Gasteiger partial charge in [0.25, 0.3) is 0 Å². The van der Waals surface area contributed by atoms with Crippen LogP contribution in [0.5, 0.6) is 0 Å². The molecule has 3 aliphatic heterocycles. The maximum absolute atomic E-state index is 13.0. The van der Waals surface area contributed by atoms with Crippen LogP contribution < -0.4 is 9.80 Å². The molecule has 0 N–H and O–H groups in total. The third-order valence-corrected chi connectivity index (χ3v) is 5.97. The summed E-state index contributed by atoms with van der Waals surface area (Å²) in [6.45, 7) is 7.41. The normalized spacial score (nSPS) is 26.6. The maximum Gasteiger partial charge on any atom is 0.228 e. The molecule has 0 radical (unpaired) electrons. The molecular weight excluding hydrogens is 342 g/mol. The molecule has 146 valence electrons. The van der Waals surface area contributed by atoms with Crippen LogP contribution >= 0.6 is 0 Å². The molecule has 3 fully saturated rings. The molecule has 3 saturated heterocycles. The SMILES string of the molecule is CC1CCCN(C(=O)C2CC(=O)N(c3ccccc3N3CCOCC3)C2)C1. The summed E-state index contributed by atoms with van der Waals surface area (Å²) in [4.78, 5) is 31.8. The van der Waals surface area contributed by atoms with Gasteiger partial charge < -0.3 is 19.4 Å². The van der Waals surface area contributed by atoms with Crippen molar-refractivity contribution in [3.63, 3.8) is 0 Å². The number of carbonyl (C=O) groups excluding carboxylic acids is 2. The quantitative estimate of drug-likeness (QED) is 0.817. The zero-order chi connectivity index (χ0) is 18.8. The summed E-state index contributed by atoms with van der Waals surface area (Å²) in [5.74, 6) is 0.541. The molecule has 6 nitrogen and oxygen atoms in total. The van der Waals surface area contributed by atoms with Crippen molar-refractivity contribution in [1.29, 1.82) is 0 Å². The Morgan fingerprint density at radius 3 is 2.56 bits per heavy atom. The van der Waals surface area contributed by atoms with E-state index in [0.717, 1.165) is 44.0 Å². The zero-order valence-corrected chi connectivity index (χ0v) is 16.1. The van der Waals surface area contributed by atoms with Crippen LogP contribution in [0.1, 0.15) is 26.2 Å². The van der Waals surface area contributed by atoms with E-state index in [2.05, 4.69) is 17.9 Å². The van der Waals surface area contributed by atoms with E-state index in [4.69, 9.17) is 4.74 Å². The monoisotopic (exact) mass is 371 g/mol. The fourth-order valence-corrected chi connectivity index (χ4v) is 4.52. The average molecular weight is 371 g/mol. The standard InChI is InChI=1S/C21H29N3O3/c1-16-5-4-8-23(14-16)21(26)17-13-20(25)24(15-17)19-7-3-2-6-18(19)22-9-11-27-12-10-22/h2-3,6-7,16-17H,4-5,8-15H2,1H3. The number of rotatable bonds is 3. The van der Waals surface area contributed by atoms with Gasteiger partial charge in [-0.25, -0.2) is 0 Å². The number of anilines is 2. The summed E-state index contributed by atoms with van der Waals surface area (Å²) < 4.78 is 5.46. The number of piperidine rings is 1. The minimum Gasteiger partial charge on any atom is -0.378 e. The molecule has 27 heavy (non-hydrogen) atoms. The second-order valence-electron chi connectivity index (χ2n) is 8.03. The number of carbonyl (C=O) groups is 2. The number of hydrogen-bond donors (Lipinski definition) is 0. The minimum atomic E-state index is -0.222.